The summed E-state index contributed by atoms with van der Waals surface area (Å²) in [7, 11) is 1.71. The van der Waals surface area contributed by atoms with Gasteiger partial charge in [0.1, 0.15) is 5.54 Å². The van der Waals surface area contributed by atoms with E-state index in [-0.39, 0.29) is 0 Å². The summed E-state index contributed by atoms with van der Waals surface area (Å²) in [6.45, 7) is 5.18. The van der Waals surface area contributed by atoms with Gasteiger partial charge in [-0.1, -0.05) is 6.92 Å². The van der Waals surface area contributed by atoms with Crippen LogP contribution in [0, 0.1) is 0 Å². The van der Waals surface area contributed by atoms with E-state index in [2.05, 4.69) is 5.32 Å². The fraction of sp³-hybridized carbons (Fsp3) is 0.917. The van der Waals surface area contributed by atoms with Crippen LogP contribution in [0.4, 0.5) is 0 Å². The number of ether oxygens (including phenoxy) is 1. The lowest BCUT2D eigenvalue weighted by Crippen LogP contribution is -2.49. The normalized spacial score (nSPS) is 14.5. The second kappa shape index (κ2) is 9.74. The lowest BCUT2D eigenvalue weighted by molar-refractivity contribution is -0.144. The zero-order chi connectivity index (χ0) is 13.1. The Kier molecular flexibility index (Phi) is 9.59. The van der Waals surface area contributed by atoms with Crippen molar-refractivity contribution in [2.75, 3.05) is 31.8 Å². The molecule has 0 saturated carbocycles. The van der Waals surface area contributed by atoms with Crippen LogP contribution in [0.25, 0.3) is 0 Å². The fourth-order valence-corrected chi connectivity index (χ4v) is 2.47. The third kappa shape index (κ3) is 7.63. The van der Waals surface area contributed by atoms with Crippen molar-refractivity contribution in [3.8, 4) is 0 Å². The molecule has 0 bridgehead atoms. The van der Waals surface area contributed by atoms with Crippen LogP contribution in [-0.4, -0.2) is 48.4 Å². The number of likely N-dealkylation sites (N-methyl/N-ethyl adjacent to an activating group) is 1. The van der Waals surface area contributed by atoms with Crippen LogP contribution in [0.15, 0.2) is 0 Å². The van der Waals surface area contributed by atoms with E-state index in [0.717, 1.165) is 31.0 Å². The highest BCUT2D eigenvalue weighted by Crippen LogP contribution is 2.15. The molecule has 17 heavy (non-hydrogen) atoms. The summed E-state index contributed by atoms with van der Waals surface area (Å²) >= 11 is 1.86. The molecule has 0 fully saturated rings. The Hall–Kier alpha value is -0.260. The molecule has 102 valence electrons. The maximum absolute atomic E-state index is 11.1. The van der Waals surface area contributed by atoms with Crippen LogP contribution in [0.5, 0.6) is 0 Å². The quantitative estimate of drug-likeness (QED) is 0.558. The zero-order valence-corrected chi connectivity index (χ0v) is 11.9. The van der Waals surface area contributed by atoms with Crippen molar-refractivity contribution in [2.45, 2.75) is 38.6 Å². The smallest absolute Gasteiger partial charge is 0.323 e. The van der Waals surface area contributed by atoms with E-state index in [9.17, 15) is 4.79 Å². The second-order valence-corrected chi connectivity index (χ2v) is 5.45. The van der Waals surface area contributed by atoms with E-state index in [1.165, 1.54) is 0 Å². The van der Waals surface area contributed by atoms with Crippen molar-refractivity contribution in [3.63, 3.8) is 0 Å². The van der Waals surface area contributed by atoms with Gasteiger partial charge in [-0.25, -0.2) is 0 Å². The number of hydrogen-bond acceptors (Lipinski definition) is 4. The summed E-state index contributed by atoms with van der Waals surface area (Å²) in [6, 6.07) is 0. The third-order valence-corrected chi connectivity index (χ3v) is 3.80. The Labute approximate surface area is 108 Å². The van der Waals surface area contributed by atoms with Gasteiger partial charge in [-0.05, 0) is 44.2 Å². The van der Waals surface area contributed by atoms with Crippen molar-refractivity contribution >= 4 is 17.7 Å². The Morgan fingerprint density at radius 2 is 2.06 bits per heavy atom. The topological polar surface area (TPSA) is 58.6 Å². The van der Waals surface area contributed by atoms with Crippen molar-refractivity contribution in [3.05, 3.63) is 0 Å². The van der Waals surface area contributed by atoms with Crippen LogP contribution >= 0.6 is 11.8 Å². The number of thioether (sulfide) groups is 1. The van der Waals surface area contributed by atoms with Gasteiger partial charge >= 0.3 is 5.97 Å². The minimum Gasteiger partial charge on any atom is -0.480 e. The summed E-state index contributed by atoms with van der Waals surface area (Å²) in [5.74, 6) is 1.33. The molecule has 2 N–H and O–H groups in total. The molecule has 0 aromatic heterocycles. The molecule has 1 atom stereocenters. The Morgan fingerprint density at radius 1 is 1.41 bits per heavy atom. The number of carboxylic acid groups (broad SMARTS) is 1. The zero-order valence-electron chi connectivity index (χ0n) is 11.1. The molecule has 0 heterocycles. The molecule has 0 aromatic carbocycles. The first-order valence-corrected chi connectivity index (χ1v) is 7.27. The second-order valence-electron chi connectivity index (χ2n) is 4.23. The fourth-order valence-electron chi connectivity index (χ4n) is 1.60. The number of carbonyl (C=O) groups is 1. The maximum Gasteiger partial charge on any atom is 0.323 e. The van der Waals surface area contributed by atoms with Crippen LogP contribution in [-0.2, 0) is 9.53 Å². The van der Waals surface area contributed by atoms with Gasteiger partial charge in [0.25, 0.3) is 0 Å². The van der Waals surface area contributed by atoms with Crippen molar-refractivity contribution in [2.24, 2.45) is 0 Å². The van der Waals surface area contributed by atoms with Gasteiger partial charge in [-0.3, -0.25) is 4.79 Å². The average molecular weight is 263 g/mol. The first kappa shape index (κ1) is 16.7. The number of nitrogens with one attached hydrogen (secondary N) is 1. The lowest BCUT2D eigenvalue weighted by atomic mass is 9.96. The maximum atomic E-state index is 11.1. The molecule has 1 unspecified atom stereocenters. The largest absolute Gasteiger partial charge is 0.480 e. The predicted octanol–water partition coefficient (Wildman–Crippen LogP) is 1.99. The van der Waals surface area contributed by atoms with Crippen LogP contribution in [0.3, 0.4) is 0 Å². The first-order chi connectivity index (χ1) is 8.06. The van der Waals surface area contributed by atoms with Crippen LogP contribution < -0.4 is 5.32 Å². The standard InChI is InChI=1S/C12H25NO3S/c1-4-13-12(2,11(14)15)7-5-9-17-10-6-8-16-3/h13H,4-10H2,1-3H3,(H,14,15). The van der Waals surface area contributed by atoms with E-state index in [1.54, 1.807) is 14.0 Å². The molecule has 0 aliphatic carbocycles. The molecule has 0 aliphatic heterocycles. The van der Waals surface area contributed by atoms with E-state index >= 15 is 0 Å². The van der Waals surface area contributed by atoms with Crippen LogP contribution in [0.2, 0.25) is 0 Å². The Morgan fingerprint density at radius 3 is 2.59 bits per heavy atom. The molecule has 4 nitrogen and oxygen atoms in total. The summed E-state index contributed by atoms with van der Waals surface area (Å²) < 4.78 is 4.96. The summed E-state index contributed by atoms with van der Waals surface area (Å²) in [4.78, 5) is 11.1. The Bertz CT molecular complexity index is 214. The minimum atomic E-state index is -0.776. The number of aliphatic carboxylic acids is 1. The molecule has 0 saturated heterocycles. The highest BCUT2D eigenvalue weighted by atomic mass is 32.2. The van der Waals surface area contributed by atoms with E-state index in [1.807, 2.05) is 18.7 Å². The molecule has 0 rings (SSSR count). The molecule has 5 heteroatoms. The van der Waals surface area contributed by atoms with Crippen molar-refractivity contribution in [1.29, 1.82) is 0 Å². The van der Waals surface area contributed by atoms with Gasteiger partial charge in [0, 0.05) is 13.7 Å². The summed E-state index contributed by atoms with van der Waals surface area (Å²) in [5.41, 5.74) is -0.776. The number of methoxy groups -OCH3 is 1. The van der Waals surface area contributed by atoms with Crippen LogP contribution in [0.1, 0.15) is 33.1 Å². The average Bonchev–Trinajstić information content (AvgIpc) is 2.28. The van der Waals surface area contributed by atoms with Gasteiger partial charge in [-0.15, -0.1) is 0 Å². The molecular formula is C12H25NO3S. The van der Waals surface area contributed by atoms with E-state index < -0.39 is 11.5 Å². The summed E-state index contributed by atoms with van der Waals surface area (Å²) in [6.07, 6.45) is 2.66. The minimum absolute atomic E-state index is 0.674. The van der Waals surface area contributed by atoms with E-state index in [4.69, 9.17) is 9.84 Å². The third-order valence-electron chi connectivity index (χ3n) is 2.64. The van der Waals surface area contributed by atoms with Gasteiger partial charge in [0.15, 0.2) is 0 Å². The monoisotopic (exact) mass is 263 g/mol. The molecule has 0 aliphatic rings. The molecule has 0 spiro atoms. The van der Waals surface area contributed by atoms with Gasteiger partial charge in [0.05, 0.1) is 0 Å². The highest BCUT2D eigenvalue weighted by Gasteiger charge is 2.30. The van der Waals surface area contributed by atoms with E-state index in [0.29, 0.717) is 13.0 Å². The lowest BCUT2D eigenvalue weighted by Gasteiger charge is -2.25. The van der Waals surface area contributed by atoms with Crippen molar-refractivity contribution < 1.29 is 14.6 Å². The van der Waals surface area contributed by atoms with Gasteiger partial charge < -0.3 is 15.2 Å². The van der Waals surface area contributed by atoms with Crippen molar-refractivity contribution in [1.82, 2.24) is 5.32 Å². The van der Waals surface area contributed by atoms with Gasteiger partial charge in [-0.2, -0.15) is 11.8 Å². The number of carboxylic acids is 1. The molecule has 0 radical (unpaired) electrons. The molecule has 0 amide bonds. The Balaban J connectivity index is 3.65. The predicted molar refractivity (Wildman–Crippen MR) is 72.8 cm³/mol. The first-order valence-electron chi connectivity index (χ1n) is 6.12. The molecular weight excluding hydrogens is 238 g/mol. The molecule has 0 aromatic rings. The SMILES string of the molecule is CCNC(C)(CCCSCCCOC)C(=O)O. The summed E-state index contributed by atoms with van der Waals surface area (Å²) in [5, 5.41) is 12.2. The number of rotatable bonds is 11. The highest BCUT2D eigenvalue weighted by molar-refractivity contribution is 7.99. The number of hydrogen-bond donors (Lipinski definition) is 2. The van der Waals surface area contributed by atoms with Gasteiger partial charge in [0.2, 0.25) is 0 Å².